The molecule has 0 saturated heterocycles. The Kier molecular flexibility index (Phi) is 5.81. The van der Waals surface area contributed by atoms with Crippen molar-refractivity contribution in [3.05, 3.63) is 29.7 Å². The molecule has 1 fully saturated rings. The first-order valence-electron chi connectivity index (χ1n) is 9.04. The number of nitrogens with one attached hydrogen (secondary N) is 1. The lowest BCUT2D eigenvalue weighted by atomic mass is 9.83. The van der Waals surface area contributed by atoms with Gasteiger partial charge in [-0.3, -0.25) is 9.48 Å². The number of carbonyl (C=O) groups is 1. The SMILES string of the molecule is CN(C)C(=O)CC1CCC(Nc2cc(Cl)ncc2-c2ccn(C)n2)CC1. The molecule has 1 N–H and O–H groups in total. The number of anilines is 1. The van der Waals surface area contributed by atoms with Gasteiger partial charge in [-0.2, -0.15) is 5.10 Å². The van der Waals surface area contributed by atoms with Crippen molar-refractivity contribution in [2.45, 2.75) is 38.1 Å². The maximum absolute atomic E-state index is 11.9. The third-order valence-corrected chi connectivity index (χ3v) is 5.24. The first-order valence-corrected chi connectivity index (χ1v) is 9.42. The fraction of sp³-hybridized carbons (Fsp3) is 0.526. The molecule has 7 heteroatoms. The van der Waals surface area contributed by atoms with Crippen LogP contribution in [0.2, 0.25) is 5.15 Å². The second-order valence-corrected chi connectivity index (χ2v) is 7.67. The average molecular weight is 376 g/mol. The maximum Gasteiger partial charge on any atom is 0.222 e. The summed E-state index contributed by atoms with van der Waals surface area (Å²) in [4.78, 5) is 17.8. The molecular weight excluding hydrogens is 350 g/mol. The van der Waals surface area contributed by atoms with Gasteiger partial charge in [0.2, 0.25) is 5.91 Å². The van der Waals surface area contributed by atoms with E-state index >= 15 is 0 Å². The third kappa shape index (κ3) is 4.55. The molecular formula is C19H26ClN5O. The molecule has 1 amide bonds. The first kappa shape index (κ1) is 18.7. The van der Waals surface area contributed by atoms with E-state index in [0.717, 1.165) is 42.6 Å². The fourth-order valence-corrected chi connectivity index (χ4v) is 3.63. The number of aryl methyl sites for hydroxylation is 1. The molecule has 3 rings (SSSR count). The van der Waals surface area contributed by atoms with Gasteiger partial charge >= 0.3 is 0 Å². The minimum Gasteiger partial charge on any atom is -0.382 e. The molecule has 2 heterocycles. The van der Waals surface area contributed by atoms with E-state index in [9.17, 15) is 4.79 Å². The van der Waals surface area contributed by atoms with Crippen LogP contribution in [-0.2, 0) is 11.8 Å². The van der Waals surface area contributed by atoms with Gasteiger partial charge in [-0.05, 0) is 43.7 Å². The molecule has 2 aromatic heterocycles. The van der Waals surface area contributed by atoms with Crippen LogP contribution in [0.1, 0.15) is 32.1 Å². The number of pyridine rings is 1. The van der Waals surface area contributed by atoms with Crippen LogP contribution in [0, 0.1) is 5.92 Å². The van der Waals surface area contributed by atoms with Gasteiger partial charge in [0.05, 0.1) is 5.69 Å². The number of amides is 1. The molecule has 1 saturated carbocycles. The van der Waals surface area contributed by atoms with E-state index in [1.54, 1.807) is 15.8 Å². The van der Waals surface area contributed by atoms with Gasteiger partial charge in [0.25, 0.3) is 0 Å². The van der Waals surface area contributed by atoms with Crippen molar-refractivity contribution in [1.82, 2.24) is 19.7 Å². The molecule has 1 aliphatic rings. The second kappa shape index (κ2) is 8.08. The summed E-state index contributed by atoms with van der Waals surface area (Å²) in [6.07, 6.45) is 8.57. The van der Waals surface area contributed by atoms with Crippen LogP contribution in [0.3, 0.4) is 0 Å². The predicted octanol–water partition coefficient (Wildman–Crippen LogP) is 3.58. The van der Waals surface area contributed by atoms with Crippen molar-refractivity contribution in [3.8, 4) is 11.3 Å². The summed E-state index contributed by atoms with van der Waals surface area (Å²) in [5.74, 6) is 0.707. The Hall–Kier alpha value is -2.08. The van der Waals surface area contributed by atoms with E-state index in [4.69, 9.17) is 11.6 Å². The van der Waals surface area contributed by atoms with E-state index in [0.29, 0.717) is 23.5 Å². The average Bonchev–Trinajstić information content (AvgIpc) is 3.03. The fourth-order valence-electron chi connectivity index (χ4n) is 3.47. The topological polar surface area (TPSA) is 63.1 Å². The molecule has 0 unspecified atom stereocenters. The van der Waals surface area contributed by atoms with Gasteiger partial charge in [-0.15, -0.1) is 0 Å². The van der Waals surface area contributed by atoms with Crippen molar-refractivity contribution < 1.29 is 4.79 Å². The van der Waals surface area contributed by atoms with Crippen molar-refractivity contribution in [2.75, 3.05) is 19.4 Å². The zero-order chi connectivity index (χ0) is 18.7. The lowest BCUT2D eigenvalue weighted by Gasteiger charge is -2.30. The Morgan fingerprint density at radius 3 is 2.69 bits per heavy atom. The second-order valence-electron chi connectivity index (χ2n) is 7.28. The third-order valence-electron chi connectivity index (χ3n) is 5.03. The molecule has 26 heavy (non-hydrogen) atoms. The van der Waals surface area contributed by atoms with E-state index in [2.05, 4.69) is 15.4 Å². The lowest BCUT2D eigenvalue weighted by Crippen LogP contribution is -2.30. The zero-order valence-corrected chi connectivity index (χ0v) is 16.3. The molecule has 140 valence electrons. The number of hydrogen-bond acceptors (Lipinski definition) is 4. The molecule has 0 bridgehead atoms. The van der Waals surface area contributed by atoms with Crippen LogP contribution in [0.5, 0.6) is 0 Å². The van der Waals surface area contributed by atoms with Crippen LogP contribution in [-0.4, -0.2) is 45.7 Å². The summed E-state index contributed by atoms with van der Waals surface area (Å²) < 4.78 is 1.78. The summed E-state index contributed by atoms with van der Waals surface area (Å²) in [6, 6.07) is 4.22. The van der Waals surface area contributed by atoms with Gasteiger partial charge in [-0.1, -0.05) is 11.6 Å². The first-order chi connectivity index (χ1) is 12.4. The highest BCUT2D eigenvalue weighted by Gasteiger charge is 2.24. The number of aromatic nitrogens is 3. The Morgan fingerprint density at radius 1 is 1.35 bits per heavy atom. The number of hydrogen-bond donors (Lipinski definition) is 1. The molecule has 6 nitrogen and oxygen atoms in total. The predicted molar refractivity (Wildman–Crippen MR) is 104 cm³/mol. The van der Waals surface area contributed by atoms with Gasteiger partial charge < -0.3 is 10.2 Å². The molecule has 0 spiro atoms. The summed E-state index contributed by atoms with van der Waals surface area (Å²) in [5, 5.41) is 8.57. The van der Waals surface area contributed by atoms with Gasteiger partial charge in [0.1, 0.15) is 5.15 Å². The number of nitrogens with zero attached hydrogens (tertiary/aromatic N) is 4. The van der Waals surface area contributed by atoms with E-state index in [-0.39, 0.29) is 5.91 Å². The largest absolute Gasteiger partial charge is 0.382 e. The normalized spacial score (nSPS) is 20.0. The van der Waals surface area contributed by atoms with Crippen LogP contribution < -0.4 is 5.32 Å². The van der Waals surface area contributed by atoms with Crippen LogP contribution in [0.15, 0.2) is 24.5 Å². The quantitative estimate of drug-likeness (QED) is 0.811. The maximum atomic E-state index is 11.9. The molecule has 0 atom stereocenters. The van der Waals surface area contributed by atoms with Crippen LogP contribution in [0.4, 0.5) is 5.69 Å². The molecule has 0 aliphatic heterocycles. The van der Waals surface area contributed by atoms with Crippen molar-refractivity contribution >= 4 is 23.2 Å². The standard InChI is InChI=1S/C19H26ClN5O/c1-24(2)19(26)10-13-4-6-14(7-5-13)22-17-11-18(20)21-12-15(17)16-8-9-25(3)23-16/h8-9,11-14H,4-7,10H2,1-3H3,(H,21,22). The summed E-state index contributed by atoms with van der Waals surface area (Å²) >= 11 is 6.12. The highest BCUT2D eigenvalue weighted by Crippen LogP contribution is 2.33. The van der Waals surface area contributed by atoms with Crippen LogP contribution >= 0.6 is 11.6 Å². The highest BCUT2D eigenvalue weighted by molar-refractivity contribution is 6.29. The van der Waals surface area contributed by atoms with Crippen molar-refractivity contribution in [2.24, 2.45) is 13.0 Å². The Balaban J connectivity index is 1.65. The number of rotatable bonds is 5. The smallest absolute Gasteiger partial charge is 0.222 e. The van der Waals surface area contributed by atoms with E-state index in [1.165, 1.54) is 0 Å². The molecule has 0 aromatic carbocycles. The lowest BCUT2D eigenvalue weighted by molar-refractivity contribution is -0.129. The van der Waals surface area contributed by atoms with E-state index < -0.39 is 0 Å². The van der Waals surface area contributed by atoms with Crippen molar-refractivity contribution in [3.63, 3.8) is 0 Å². The van der Waals surface area contributed by atoms with Gasteiger partial charge in [0, 0.05) is 57.3 Å². The Morgan fingerprint density at radius 2 is 2.08 bits per heavy atom. The Labute approximate surface area is 159 Å². The van der Waals surface area contributed by atoms with Crippen LogP contribution in [0.25, 0.3) is 11.3 Å². The van der Waals surface area contributed by atoms with Gasteiger partial charge in [0.15, 0.2) is 0 Å². The summed E-state index contributed by atoms with van der Waals surface area (Å²) in [7, 11) is 5.54. The minimum atomic E-state index is 0.222. The summed E-state index contributed by atoms with van der Waals surface area (Å²) in [5.41, 5.74) is 2.81. The number of carbonyl (C=O) groups excluding carboxylic acids is 1. The van der Waals surface area contributed by atoms with E-state index in [1.807, 2.05) is 39.5 Å². The zero-order valence-electron chi connectivity index (χ0n) is 15.6. The highest BCUT2D eigenvalue weighted by atomic mass is 35.5. The monoisotopic (exact) mass is 375 g/mol. The molecule has 1 aliphatic carbocycles. The Bertz CT molecular complexity index is 765. The van der Waals surface area contributed by atoms with Gasteiger partial charge in [-0.25, -0.2) is 4.98 Å². The molecule has 0 radical (unpaired) electrons. The van der Waals surface area contributed by atoms with Crippen molar-refractivity contribution in [1.29, 1.82) is 0 Å². The number of halogens is 1. The summed E-state index contributed by atoms with van der Waals surface area (Å²) in [6.45, 7) is 0. The molecule has 2 aromatic rings. The minimum absolute atomic E-state index is 0.222.